The molecular weight excluding hydrogens is 300 g/mol. The summed E-state index contributed by atoms with van der Waals surface area (Å²) in [4.78, 5) is 26.5. The lowest BCUT2D eigenvalue weighted by atomic mass is 9.93. The van der Waals surface area contributed by atoms with Crippen LogP contribution in [0.1, 0.15) is 50.0 Å². The van der Waals surface area contributed by atoms with E-state index in [1.54, 1.807) is 18.0 Å². The Balaban J connectivity index is 1.51. The summed E-state index contributed by atoms with van der Waals surface area (Å²) in [6.07, 6.45) is 5.99. The monoisotopic (exact) mass is 320 g/mol. The minimum atomic E-state index is -0.331. The van der Waals surface area contributed by atoms with Crippen molar-refractivity contribution in [3.8, 4) is 0 Å². The van der Waals surface area contributed by atoms with Crippen LogP contribution in [0.4, 0.5) is 0 Å². The van der Waals surface area contributed by atoms with Gasteiger partial charge in [0, 0.05) is 24.2 Å². The Bertz CT molecular complexity index is 629. The SMILES string of the molecule is C[C@]12CCC(=O)N1[C@@H](C(=O)N[C@H]1CCCc3occc31)CS2. The molecule has 1 aliphatic carbocycles. The Morgan fingerprint density at radius 1 is 1.50 bits per heavy atom. The van der Waals surface area contributed by atoms with Crippen LogP contribution in [0.5, 0.6) is 0 Å². The first-order chi connectivity index (χ1) is 10.6. The fourth-order valence-corrected chi connectivity index (χ4v) is 5.35. The van der Waals surface area contributed by atoms with Crippen molar-refractivity contribution < 1.29 is 14.0 Å². The zero-order valence-corrected chi connectivity index (χ0v) is 13.4. The molecule has 22 heavy (non-hydrogen) atoms. The highest BCUT2D eigenvalue weighted by Crippen LogP contribution is 2.47. The number of rotatable bonds is 2. The fourth-order valence-electron chi connectivity index (χ4n) is 3.92. The van der Waals surface area contributed by atoms with E-state index in [1.165, 1.54) is 0 Å². The van der Waals surface area contributed by atoms with Crippen LogP contribution in [0.15, 0.2) is 16.7 Å². The molecule has 0 saturated carbocycles. The normalized spacial score (nSPS) is 33.7. The average Bonchev–Trinajstić information content (AvgIpc) is 3.16. The van der Waals surface area contributed by atoms with E-state index in [0.717, 1.165) is 37.0 Å². The number of nitrogens with one attached hydrogen (secondary N) is 1. The molecule has 0 aromatic carbocycles. The minimum absolute atomic E-state index is 0.0181. The highest BCUT2D eigenvalue weighted by molar-refractivity contribution is 8.01. The summed E-state index contributed by atoms with van der Waals surface area (Å²) in [5.74, 6) is 1.77. The van der Waals surface area contributed by atoms with E-state index in [0.29, 0.717) is 12.2 Å². The van der Waals surface area contributed by atoms with E-state index < -0.39 is 0 Å². The van der Waals surface area contributed by atoms with E-state index in [-0.39, 0.29) is 28.8 Å². The van der Waals surface area contributed by atoms with E-state index in [2.05, 4.69) is 12.2 Å². The van der Waals surface area contributed by atoms with Crippen molar-refractivity contribution in [3.05, 3.63) is 23.7 Å². The van der Waals surface area contributed by atoms with Crippen molar-refractivity contribution in [2.24, 2.45) is 0 Å². The maximum atomic E-state index is 12.7. The maximum absolute atomic E-state index is 12.7. The summed E-state index contributed by atoms with van der Waals surface area (Å²) in [7, 11) is 0. The number of thioether (sulfide) groups is 1. The zero-order valence-electron chi connectivity index (χ0n) is 12.6. The Labute approximate surface area is 133 Å². The van der Waals surface area contributed by atoms with Crippen LogP contribution in [0.25, 0.3) is 0 Å². The molecule has 3 heterocycles. The number of furan rings is 1. The molecule has 5 nitrogen and oxygen atoms in total. The molecule has 118 valence electrons. The first kappa shape index (κ1) is 14.2. The Kier molecular flexibility index (Phi) is 3.25. The Hall–Kier alpha value is -1.43. The second-order valence-electron chi connectivity index (χ2n) is 6.52. The summed E-state index contributed by atoms with van der Waals surface area (Å²) in [6.45, 7) is 2.07. The maximum Gasteiger partial charge on any atom is 0.244 e. The lowest BCUT2D eigenvalue weighted by Gasteiger charge is -2.31. The van der Waals surface area contributed by atoms with Crippen molar-refractivity contribution in [2.45, 2.75) is 56.0 Å². The molecule has 2 fully saturated rings. The van der Waals surface area contributed by atoms with E-state index in [9.17, 15) is 9.59 Å². The highest BCUT2D eigenvalue weighted by Gasteiger charge is 2.53. The molecule has 3 atom stereocenters. The van der Waals surface area contributed by atoms with Crippen molar-refractivity contribution >= 4 is 23.6 Å². The highest BCUT2D eigenvalue weighted by atomic mass is 32.2. The molecule has 1 N–H and O–H groups in total. The van der Waals surface area contributed by atoms with Crippen molar-refractivity contribution in [1.29, 1.82) is 0 Å². The van der Waals surface area contributed by atoms with Gasteiger partial charge >= 0.3 is 0 Å². The number of hydrogen-bond donors (Lipinski definition) is 1. The average molecular weight is 320 g/mol. The van der Waals surface area contributed by atoms with Gasteiger partial charge in [0.05, 0.1) is 17.2 Å². The van der Waals surface area contributed by atoms with Gasteiger partial charge in [0.25, 0.3) is 0 Å². The summed E-state index contributed by atoms with van der Waals surface area (Å²) >= 11 is 1.73. The van der Waals surface area contributed by atoms with Crippen molar-refractivity contribution in [2.75, 3.05) is 5.75 Å². The van der Waals surface area contributed by atoms with Gasteiger partial charge < -0.3 is 14.6 Å². The molecular formula is C16H20N2O3S. The van der Waals surface area contributed by atoms with Gasteiger partial charge in [0.15, 0.2) is 0 Å². The fraction of sp³-hybridized carbons (Fsp3) is 0.625. The smallest absolute Gasteiger partial charge is 0.244 e. The van der Waals surface area contributed by atoms with Gasteiger partial charge in [0.1, 0.15) is 11.8 Å². The van der Waals surface area contributed by atoms with Crippen LogP contribution < -0.4 is 5.32 Å². The Morgan fingerprint density at radius 3 is 3.23 bits per heavy atom. The predicted molar refractivity (Wildman–Crippen MR) is 83.3 cm³/mol. The lowest BCUT2D eigenvalue weighted by Crippen LogP contribution is -2.50. The van der Waals surface area contributed by atoms with Crippen LogP contribution in [0.3, 0.4) is 0 Å². The van der Waals surface area contributed by atoms with Crippen LogP contribution >= 0.6 is 11.8 Å². The summed E-state index contributed by atoms with van der Waals surface area (Å²) in [5.41, 5.74) is 1.10. The van der Waals surface area contributed by atoms with Crippen molar-refractivity contribution in [3.63, 3.8) is 0 Å². The second-order valence-corrected chi connectivity index (χ2v) is 8.02. The molecule has 1 aromatic heterocycles. The number of carbonyl (C=O) groups excluding carboxylic acids is 2. The van der Waals surface area contributed by atoms with Crippen molar-refractivity contribution in [1.82, 2.24) is 10.2 Å². The molecule has 0 unspecified atom stereocenters. The van der Waals surface area contributed by atoms with Crippen LogP contribution in [0, 0.1) is 0 Å². The lowest BCUT2D eigenvalue weighted by molar-refractivity contribution is -0.138. The first-order valence-electron chi connectivity index (χ1n) is 7.91. The third-order valence-corrected chi connectivity index (χ3v) is 6.62. The summed E-state index contributed by atoms with van der Waals surface area (Å²) in [6, 6.07) is 1.64. The van der Waals surface area contributed by atoms with Crippen LogP contribution in [-0.4, -0.2) is 33.4 Å². The van der Waals surface area contributed by atoms with E-state index in [1.807, 2.05) is 11.0 Å². The van der Waals surface area contributed by atoms with Crippen LogP contribution in [-0.2, 0) is 16.0 Å². The molecule has 1 aromatic rings. The largest absolute Gasteiger partial charge is 0.469 e. The number of aryl methyl sites for hydroxylation is 1. The Morgan fingerprint density at radius 2 is 2.36 bits per heavy atom. The molecule has 4 rings (SSSR count). The molecule has 0 radical (unpaired) electrons. The van der Waals surface area contributed by atoms with Gasteiger partial charge in [-0.1, -0.05) is 0 Å². The van der Waals surface area contributed by atoms with E-state index in [4.69, 9.17) is 4.42 Å². The number of fused-ring (bicyclic) bond motifs is 2. The van der Waals surface area contributed by atoms with E-state index >= 15 is 0 Å². The molecule has 2 aliphatic heterocycles. The topological polar surface area (TPSA) is 62.6 Å². The third-order valence-electron chi connectivity index (χ3n) is 5.12. The zero-order chi connectivity index (χ0) is 15.3. The molecule has 2 amide bonds. The predicted octanol–water partition coefficient (Wildman–Crippen LogP) is 2.23. The molecule has 3 aliphatic rings. The van der Waals surface area contributed by atoms with Gasteiger partial charge in [-0.15, -0.1) is 11.8 Å². The number of carbonyl (C=O) groups is 2. The first-order valence-corrected chi connectivity index (χ1v) is 8.90. The number of hydrogen-bond acceptors (Lipinski definition) is 4. The molecule has 0 bridgehead atoms. The minimum Gasteiger partial charge on any atom is -0.469 e. The van der Waals surface area contributed by atoms with Gasteiger partial charge in [-0.3, -0.25) is 9.59 Å². The quantitative estimate of drug-likeness (QED) is 0.907. The summed E-state index contributed by atoms with van der Waals surface area (Å²) < 4.78 is 5.48. The molecule has 2 saturated heterocycles. The number of amides is 2. The van der Waals surface area contributed by atoms with Crippen LogP contribution in [0.2, 0.25) is 0 Å². The van der Waals surface area contributed by atoms with Gasteiger partial charge in [-0.25, -0.2) is 0 Å². The molecule has 6 heteroatoms. The summed E-state index contributed by atoms with van der Waals surface area (Å²) in [5, 5.41) is 3.15. The molecule has 0 spiro atoms. The third kappa shape index (κ3) is 2.07. The number of nitrogens with zero attached hydrogens (tertiary/aromatic N) is 1. The van der Waals surface area contributed by atoms with Gasteiger partial charge in [-0.05, 0) is 32.3 Å². The second kappa shape index (κ2) is 5.05. The van der Waals surface area contributed by atoms with Gasteiger partial charge in [0.2, 0.25) is 11.8 Å². The standard InChI is InChI=1S/C16H20N2O3S/c1-16-7-5-14(19)18(16)12(9-22-16)15(20)17-11-3-2-4-13-10(11)6-8-21-13/h6,8,11-12H,2-5,7,9H2,1H3,(H,17,20)/t11-,12+,16-/m0/s1. The van der Waals surface area contributed by atoms with Gasteiger partial charge in [-0.2, -0.15) is 0 Å².